The fourth-order valence-electron chi connectivity index (χ4n) is 1.00. The SMILES string of the molecule is CCC(C)([TeH])c1ccccc1. The van der Waals surface area contributed by atoms with Crippen LogP contribution in [0, 0.1) is 0 Å². The molecule has 0 amide bonds. The molecule has 0 radical (unpaired) electrons. The molecule has 0 N–H and O–H groups in total. The average molecular weight is 262 g/mol. The molecule has 0 aromatic heterocycles. The van der Waals surface area contributed by atoms with Gasteiger partial charge in [-0.1, -0.05) is 0 Å². The van der Waals surface area contributed by atoms with Crippen LogP contribution in [0.25, 0.3) is 0 Å². The van der Waals surface area contributed by atoms with Crippen molar-refractivity contribution in [1.29, 1.82) is 0 Å². The Kier molecular flexibility index (Phi) is 2.98. The summed E-state index contributed by atoms with van der Waals surface area (Å²) in [4.78, 5) is 0. The third-order valence-electron chi connectivity index (χ3n) is 2.08. The summed E-state index contributed by atoms with van der Waals surface area (Å²) >= 11 is 1.90. The van der Waals surface area contributed by atoms with E-state index < -0.39 is 0 Å². The van der Waals surface area contributed by atoms with Gasteiger partial charge in [0.25, 0.3) is 0 Å². The van der Waals surface area contributed by atoms with E-state index in [2.05, 4.69) is 44.2 Å². The maximum absolute atomic E-state index is 2.30. The molecule has 1 rings (SSSR count). The van der Waals surface area contributed by atoms with Gasteiger partial charge in [0.15, 0.2) is 0 Å². The summed E-state index contributed by atoms with van der Waals surface area (Å²) in [6.45, 7) is 4.54. The predicted molar refractivity (Wildman–Crippen MR) is 51.2 cm³/mol. The molecule has 0 saturated carbocycles. The van der Waals surface area contributed by atoms with Crippen molar-refractivity contribution in [3.63, 3.8) is 0 Å². The van der Waals surface area contributed by atoms with Crippen molar-refractivity contribution in [3.8, 4) is 0 Å². The second kappa shape index (κ2) is 3.61. The van der Waals surface area contributed by atoms with Gasteiger partial charge in [0.2, 0.25) is 0 Å². The van der Waals surface area contributed by atoms with Crippen LogP contribution in [0.15, 0.2) is 30.3 Å². The minimum absolute atomic E-state index is 0.385. The van der Waals surface area contributed by atoms with Gasteiger partial charge >= 0.3 is 81.9 Å². The van der Waals surface area contributed by atoms with Crippen LogP contribution in [0.3, 0.4) is 0 Å². The zero-order valence-electron chi connectivity index (χ0n) is 7.04. The molecule has 1 aromatic carbocycles. The monoisotopic (exact) mass is 264 g/mol. The summed E-state index contributed by atoms with van der Waals surface area (Å²) in [7, 11) is 0. The second-order valence-corrected chi connectivity index (χ2v) is 5.81. The van der Waals surface area contributed by atoms with Gasteiger partial charge in [-0.15, -0.1) is 0 Å². The first-order valence-corrected chi connectivity index (χ1v) is 5.22. The Morgan fingerprint density at radius 1 is 1.27 bits per heavy atom. The number of rotatable bonds is 2. The molecule has 0 aliphatic rings. The normalized spacial score (nSPS) is 15.9. The van der Waals surface area contributed by atoms with Crippen LogP contribution >= 0.6 is 0 Å². The first kappa shape index (κ1) is 9.10. The van der Waals surface area contributed by atoms with Crippen LogP contribution in [0.2, 0.25) is 0 Å². The van der Waals surface area contributed by atoms with Crippen molar-refractivity contribution in [2.75, 3.05) is 0 Å². The molecule has 0 bridgehead atoms. The van der Waals surface area contributed by atoms with Gasteiger partial charge in [-0.2, -0.15) is 0 Å². The molecular weight excluding hydrogens is 248 g/mol. The topological polar surface area (TPSA) is 0 Å². The molecule has 0 spiro atoms. The van der Waals surface area contributed by atoms with Gasteiger partial charge in [-0.3, -0.25) is 0 Å². The Balaban J connectivity index is 2.93. The third-order valence-corrected chi connectivity index (χ3v) is 3.72. The van der Waals surface area contributed by atoms with E-state index >= 15 is 0 Å². The van der Waals surface area contributed by atoms with Crippen LogP contribution in [-0.2, 0) is 3.46 Å². The zero-order valence-corrected chi connectivity index (χ0v) is 9.59. The summed E-state index contributed by atoms with van der Waals surface area (Å²) in [6, 6.07) is 10.7. The molecule has 0 nitrogen and oxygen atoms in total. The molecule has 1 aromatic rings. The summed E-state index contributed by atoms with van der Waals surface area (Å²) in [5, 5.41) is 0. The van der Waals surface area contributed by atoms with Gasteiger partial charge in [-0.25, -0.2) is 0 Å². The van der Waals surface area contributed by atoms with E-state index in [9.17, 15) is 0 Å². The number of hydrogen-bond acceptors (Lipinski definition) is 0. The quantitative estimate of drug-likeness (QED) is 0.717. The van der Waals surface area contributed by atoms with Crippen LogP contribution in [0.1, 0.15) is 25.8 Å². The Labute approximate surface area is 81.9 Å². The van der Waals surface area contributed by atoms with E-state index in [1.165, 1.54) is 12.0 Å². The predicted octanol–water partition coefficient (Wildman–Crippen LogP) is 2.21. The van der Waals surface area contributed by atoms with Crippen molar-refractivity contribution in [2.45, 2.75) is 23.7 Å². The molecule has 1 heteroatoms. The molecule has 1 atom stereocenters. The van der Waals surface area contributed by atoms with Gasteiger partial charge in [0.05, 0.1) is 0 Å². The standard InChI is InChI=1S/C10H14Te/c1-3-10(2,11)9-7-5-4-6-8-9/h4-8,11H,3H2,1-2H3. The van der Waals surface area contributed by atoms with Gasteiger partial charge < -0.3 is 0 Å². The van der Waals surface area contributed by atoms with Crippen molar-refractivity contribution >= 4 is 22.3 Å². The summed E-state index contributed by atoms with van der Waals surface area (Å²) in [5.74, 6) is 0. The van der Waals surface area contributed by atoms with Crippen molar-refractivity contribution in [2.24, 2.45) is 0 Å². The third kappa shape index (κ3) is 2.22. The Morgan fingerprint density at radius 2 is 1.82 bits per heavy atom. The van der Waals surface area contributed by atoms with Gasteiger partial charge in [0, 0.05) is 0 Å². The Hall–Kier alpha value is 0.00961. The number of hydrogen-bond donors (Lipinski definition) is 0. The van der Waals surface area contributed by atoms with E-state index in [1.807, 2.05) is 22.3 Å². The molecule has 60 valence electrons. The van der Waals surface area contributed by atoms with Crippen LogP contribution in [-0.4, -0.2) is 22.3 Å². The summed E-state index contributed by atoms with van der Waals surface area (Å²) in [6.07, 6.45) is 1.21. The first-order valence-electron chi connectivity index (χ1n) is 3.94. The van der Waals surface area contributed by atoms with E-state index in [0.717, 1.165) is 0 Å². The second-order valence-electron chi connectivity index (χ2n) is 2.99. The molecule has 0 heterocycles. The van der Waals surface area contributed by atoms with E-state index in [-0.39, 0.29) is 0 Å². The van der Waals surface area contributed by atoms with Crippen molar-refractivity contribution < 1.29 is 0 Å². The minimum atomic E-state index is 0.385. The molecule has 0 aliphatic heterocycles. The van der Waals surface area contributed by atoms with E-state index in [4.69, 9.17) is 0 Å². The van der Waals surface area contributed by atoms with Crippen LogP contribution in [0.4, 0.5) is 0 Å². The van der Waals surface area contributed by atoms with Crippen LogP contribution in [0.5, 0.6) is 0 Å². The first-order chi connectivity index (χ1) is 5.17. The van der Waals surface area contributed by atoms with Crippen molar-refractivity contribution in [1.82, 2.24) is 0 Å². The average Bonchev–Trinajstić information content (AvgIpc) is 2.06. The zero-order chi connectivity index (χ0) is 8.32. The molecule has 0 fully saturated rings. The Morgan fingerprint density at radius 3 is 2.27 bits per heavy atom. The van der Waals surface area contributed by atoms with E-state index in [0.29, 0.717) is 3.46 Å². The van der Waals surface area contributed by atoms with Gasteiger partial charge in [0.1, 0.15) is 0 Å². The molecule has 11 heavy (non-hydrogen) atoms. The molecule has 0 aliphatic carbocycles. The maximum atomic E-state index is 2.30. The number of benzene rings is 1. The van der Waals surface area contributed by atoms with Gasteiger partial charge in [-0.05, 0) is 0 Å². The molecule has 0 saturated heterocycles. The van der Waals surface area contributed by atoms with Crippen LogP contribution < -0.4 is 0 Å². The fraction of sp³-hybridized carbons (Fsp3) is 0.400. The Bertz CT molecular complexity index is 214. The molecule has 1 unspecified atom stereocenters. The molecular formula is C10H14Te. The fourth-order valence-corrected chi connectivity index (χ4v) is 1.43. The van der Waals surface area contributed by atoms with E-state index in [1.54, 1.807) is 0 Å². The summed E-state index contributed by atoms with van der Waals surface area (Å²) < 4.78 is 0.385. The van der Waals surface area contributed by atoms with Crippen molar-refractivity contribution in [3.05, 3.63) is 35.9 Å². The summed E-state index contributed by atoms with van der Waals surface area (Å²) in [5.41, 5.74) is 1.46.